The minimum Gasteiger partial charge on any atom is -0.353 e. The van der Waals surface area contributed by atoms with Crippen molar-refractivity contribution in [1.29, 1.82) is 0 Å². The average Bonchev–Trinajstić information content (AvgIpc) is 3.14. The molecule has 1 aromatic heterocycles. The Balaban J connectivity index is 1.74. The summed E-state index contributed by atoms with van der Waals surface area (Å²) in [6.07, 6.45) is 2.26. The highest BCUT2D eigenvalue weighted by Gasteiger charge is 2.32. The largest absolute Gasteiger partial charge is 0.353 e. The smallest absolute Gasteiger partial charge is 0.230 e. The molecule has 108 valence electrons. The molecule has 0 unspecified atom stereocenters. The fourth-order valence-electron chi connectivity index (χ4n) is 2.26. The molecule has 2 aliphatic rings. The Hall–Kier alpha value is -0.750. The number of aromatic nitrogens is 2. The first kappa shape index (κ1) is 14.2. The van der Waals surface area contributed by atoms with E-state index in [-0.39, 0.29) is 5.91 Å². The SMILES string of the molecule is Cc1nc(SCC(=O)NC2CC2)c2c(n1)S[C@H](C)[C@H]2C. The molecule has 2 atom stereocenters. The highest BCUT2D eigenvalue weighted by Crippen LogP contribution is 2.47. The lowest BCUT2D eigenvalue weighted by atomic mass is 10.0. The quantitative estimate of drug-likeness (QED) is 0.684. The van der Waals surface area contributed by atoms with Crippen LogP contribution in [-0.2, 0) is 4.79 Å². The summed E-state index contributed by atoms with van der Waals surface area (Å²) in [5.74, 6) is 1.81. The maximum atomic E-state index is 11.8. The van der Waals surface area contributed by atoms with E-state index in [1.807, 2.05) is 18.7 Å². The summed E-state index contributed by atoms with van der Waals surface area (Å²) in [7, 11) is 0. The lowest BCUT2D eigenvalue weighted by Crippen LogP contribution is -2.27. The number of rotatable bonds is 4. The topological polar surface area (TPSA) is 54.9 Å². The van der Waals surface area contributed by atoms with E-state index in [2.05, 4.69) is 29.1 Å². The Morgan fingerprint density at radius 3 is 2.85 bits per heavy atom. The van der Waals surface area contributed by atoms with E-state index in [4.69, 9.17) is 0 Å². The molecule has 2 heterocycles. The van der Waals surface area contributed by atoms with Gasteiger partial charge in [0, 0.05) is 16.9 Å². The van der Waals surface area contributed by atoms with Crippen molar-refractivity contribution in [1.82, 2.24) is 15.3 Å². The standard InChI is InChI=1S/C14H19N3OS2/c1-7-8(2)20-14-12(7)13(15-9(3)16-14)19-6-11(18)17-10-4-5-10/h7-8,10H,4-6H2,1-3H3,(H,17,18)/t7-,8-/m1/s1. The zero-order chi connectivity index (χ0) is 14.3. The molecule has 1 aliphatic carbocycles. The van der Waals surface area contributed by atoms with Gasteiger partial charge in [-0.1, -0.05) is 25.6 Å². The zero-order valence-electron chi connectivity index (χ0n) is 12.0. The van der Waals surface area contributed by atoms with Gasteiger partial charge in [0.2, 0.25) is 5.91 Å². The molecule has 1 saturated carbocycles. The third-order valence-corrected chi connectivity index (χ3v) is 6.03. The molecule has 1 amide bonds. The molecule has 1 aliphatic heterocycles. The van der Waals surface area contributed by atoms with E-state index >= 15 is 0 Å². The van der Waals surface area contributed by atoms with E-state index in [9.17, 15) is 4.79 Å². The number of nitrogens with zero attached hydrogens (tertiary/aromatic N) is 2. The molecular formula is C14H19N3OS2. The van der Waals surface area contributed by atoms with Crippen molar-refractivity contribution in [2.75, 3.05) is 5.75 Å². The molecule has 1 N–H and O–H groups in total. The van der Waals surface area contributed by atoms with E-state index in [1.165, 1.54) is 5.56 Å². The van der Waals surface area contributed by atoms with Gasteiger partial charge in [-0.3, -0.25) is 4.79 Å². The second kappa shape index (κ2) is 5.56. The van der Waals surface area contributed by atoms with Crippen molar-refractivity contribution in [2.45, 2.75) is 60.9 Å². The summed E-state index contributed by atoms with van der Waals surface area (Å²) in [5.41, 5.74) is 1.23. The zero-order valence-corrected chi connectivity index (χ0v) is 13.6. The van der Waals surface area contributed by atoms with Crippen LogP contribution in [0.1, 0.15) is 44.0 Å². The van der Waals surface area contributed by atoms with E-state index in [0.29, 0.717) is 23.0 Å². The lowest BCUT2D eigenvalue weighted by molar-refractivity contribution is -0.118. The minimum absolute atomic E-state index is 0.119. The van der Waals surface area contributed by atoms with Crippen LogP contribution in [0.25, 0.3) is 0 Å². The van der Waals surface area contributed by atoms with Crippen LogP contribution >= 0.6 is 23.5 Å². The van der Waals surface area contributed by atoms with Crippen molar-refractivity contribution in [3.05, 3.63) is 11.4 Å². The second-order valence-corrected chi connectivity index (χ2v) is 7.87. The summed E-state index contributed by atoms with van der Waals surface area (Å²) in [6, 6.07) is 0.426. The summed E-state index contributed by atoms with van der Waals surface area (Å²) < 4.78 is 0. The Morgan fingerprint density at radius 2 is 2.15 bits per heavy atom. The molecule has 0 spiro atoms. The fraction of sp³-hybridized carbons (Fsp3) is 0.643. The normalized spacial score (nSPS) is 24.6. The van der Waals surface area contributed by atoms with Crippen molar-refractivity contribution in [3.8, 4) is 0 Å². The Morgan fingerprint density at radius 1 is 1.40 bits per heavy atom. The maximum absolute atomic E-state index is 11.8. The van der Waals surface area contributed by atoms with Gasteiger partial charge in [0.15, 0.2) is 0 Å². The summed E-state index contributed by atoms with van der Waals surface area (Å²) in [5, 5.41) is 5.63. The molecular weight excluding hydrogens is 290 g/mol. The number of fused-ring (bicyclic) bond motifs is 1. The summed E-state index contributed by atoms with van der Waals surface area (Å²) >= 11 is 3.36. The number of carbonyl (C=O) groups excluding carboxylic acids is 1. The Bertz CT molecular complexity index is 545. The first-order valence-corrected chi connectivity index (χ1v) is 8.88. The van der Waals surface area contributed by atoms with Gasteiger partial charge in [-0.15, -0.1) is 11.8 Å². The van der Waals surface area contributed by atoms with E-state index in [1.54, 1.807) is 11.8 Å². The van der Waals surface area contributed by atoms with Gasteiger partial charge >= 0.3 is 0 Å². The van der Waals surface area contributed by atoms with Gasteiger partial charge in [0.05, 0.1) is 5.75 Å². The van der Waals surface area contributed by atoms with Gasteiger partial charge < -0.3 is 5.32 Å². The first-order chi connectivity index (χ1) is 9.54. The van der Waals surface area contributed by atoms with Crippen LogP contribution in [0.2, 0.25) is 0 Å². The molecule has 20 heavy (non-hydrogen) atoms. The Labute approximate surface area is 127 Å². The van der Waals surface area contributed by atoms with Gasteiger partial charge in [-0.05, 0) is 25.7 Å². The van der Waals surface area contributed by atoms with Crippen LogP contribution in [0, 0.1) is 6.92 Å². The molecule has 3 rings (SSSR count). The molecule has 0 saturated heterocycles. The average molecular weight is 309 g/mol. The number of amides is 1. The van der Waals surface area contributed by atoms with Crippen LogP contribution in [0.5, 0.6) is 0 Å². The maximum Gasteiger partial charge on any atom is 0.230 e. The molecule has 1 aromatic rings. The van der Waals surface area contributed by atoms with Crippen molar-refractivity contribution < 1.29 is 4.79 Å². The molecule has 1 fully saturated rings. The summed E-state index contributed by atoms with van der Waals surface area (Å²) in [6.45, 7) is 6.36. The van der Waals surface area contributed by atoms with E-state index in [0.717, 1.165) is 28.7 Å². The fourth-order valence-corrected chi connectivity index (χ4v) is 4.60. The monoisotopic (exact) mass is 309 g/mol. The lowest BCUT2D eigenvalue weighted by Gasteiger charge is -2.12. The molecule has 6 heteroatoms. The van der Waals surface area contributed by atoms with Crippen LogP contribution in [0.4, 0.5) is 0 Å². The van der Waals surface area contributed by atoms with Gasteiger partial charge in [-0.25, -0.2) is 9.97 Å². The Kier molecular flexibility index (Phi) is 3.95. The number of nitrogens with one attached hydrogen (secondary N) is 1. The number of hydrogen-bond donors (Lipinski definition) is 1. The van der Waals surface area contributed by atoms with Gasteiger partial charge in [0.1, 0.15) is 15.9 Å². The van der Waals surface area contributed by atoms with Crippen LogP contribution in [0.15, 0.2) is 10.1 Å². The molecule has 4 nitrogen and oxygen atoms in total. The van der Waals surface area contributed by atoms with Crippen molar-refractivity contribution >= 4 is 29.4 Å². The number of thioether (sulfide) groups is 2. The minimum atomic E-state index is 0.119. The first-order valence-electron chi connectivity index (χ1n) is 7.02. The predicted octanol–water partition coefficient (Wildman–Crippen LogP) is 2.75. The third-order valence-electron chi connectivity index (χ3n) is 3.73. The highest BCUT2D eigenvalue weighted by molar-refractivity contribution is 8.01. The van der Waals surface area contributed by atoms with Gasteiger partial charge in [0.25, 0.3) is 0 Å². The van der Waals surface area contributed by atoms with Crippen molar-refractivity contribution in [3.63, 3.8) is 0 Å². The van der Waals surface area contributed by atoms with Crippen LogP contribution < -0.4 is 5.32 Å². The second-order valence-electron chi connectivity index (χ2n) is 5.54. The number of aryl methyl sites for hydroxylation is 1. The van der Waals surface area contributed by atoms with Crippen molar-refractivity contribution in [2.24, 2.45) is 0 Å². The number of carbonyl (C=O) groups is 1. The molecule has 0 radical (unpaired) electrons. The molecule has 0 aromatic carbocycles. The van der Waals surface area contributed by atoms with Gasteiger partial charge in [-0.2, -0.15) is 0 Å². The predicted molar refractivity (Wildman–Crippen MR) is 82.4 cm³/mol. The number of hydrogen-bond acceptors (Lipinski definition) is 5. The summed E-state index contributed by atoms with van der Waals surface area (Å²) in [4.78, 5) is 20.9. The molecule has 0 bridgehead atoms. The van der Waals surface area contributed by atoms with Crippen LogP contribution in [0.3, 0.4) is 0 Å². The van der Waals surface area contributed by atoms with E-state index < -0.39 is 0 Å². The highest BCUT2D eigenvalue weighted by atomic mass is 32.2. The van der Waals surface area contributed by atoms with Crippen LogP contribution in [-0.4, -0.2) is 32.9 Å². The third kappa shape index (κ3) is 2.96.